The lowest BCUT2D eigenvalue weighted by Crippen LogP contribution is -2.11. The molecular weight excluding hydrogens is 167 g/mol. The molecule has 70 valence electrons. The molecule has 1 atom stereocenters. The molecular formula is C10H13FN2. The summed E-state index contributed by atoms with van der Waals surface area (Å²) >= 11 is 0. The Balaban J connectivity index is 2.94. The Morgan fingerprint density at radius 2 is 2.46 bits per heavy atom. The predicted octanol–water partition coefficient (Wildman–Crippen LogP) is 2.11. The van der Waals surface area contributed by atoms with E-state index in [0.717, 1.165) is 11.1 Å². The molecule has 0 amide bonds. The van der Waals surface area contributed by atoms with Gasteiger partial charge in [0.15, 0.2) is 0 Å². The molecule has 0 radical (unpaired) electrons. The minimum Gasteiger partial charge on any atom is -0.324 e. The number of hydrogen-bond acceptors (Lipinski definition) is 2. The second-order valence-corrected chi connectivity index (χ2v) is 2.99. The number of aryl methyl sites for hydroxylation is 1. The number of nitrogens with zero attached hydrogens (tertiary/aromatic N) is 1. The van der Waals surface area contributed by atoms with Crippen molar-refractivity contribution < 1.29 is 4.39 Å². The van der Waals surface area contributed by atoms with Crippen LogP contribution in [-0.4, -0.2) is 4.98 Å². The average Bonchev–Trinajstić information content (AvgIpc) is 2.04. The van der Waals surface area contributed by atoms with E-state index in [1.54, 1.807) is 6.08 Å². The lowest BCUT2D eigenvalue weighted by atomic mass is 10.0. The van der Waals surface area contributed by atoms with E-state index < -0.39 is 5.95 Å². The van der Waals surface area contributed by atoms with E-state index in [-0.39, 0.29) is 6.04 Å². The van der Waals surface area contributed by atoms with Crippen molar-refractivity contribution in [3.05, 3.63) is 42.0 Å². The van der Waals surface area contributed by atoms with E-state index in [2.05, 4.69) is 11.6 Å². The van der Waals surface area contributed by atoms with E-state index in [1.165, 1.54) is 12.3 Å². The van der Waals surface area contributed by atoms with Crippen LogP contribution in [0.3, 0.4) is 0 Å². The van der Waals surface area contributed by atoms with Crippen LogP contribution >= 0.6 is 0 Å². The van der Waals surface area contributed by atoms with Gasteiger partial charge in [0.25, 0.3) is 0 Å². The van der Waals surface area contributed by atoms with Crippen LogP contribution in [0.25, 0.3) is 0 Å². The first-order valence-corrected chi connectivity index (χ1v) is 4.13. The number of nitrogens with two attached hydrogens (primary N) is 1. The van der Waals surface area contributed by atoms with Crippen LogP contribution in [0.1, 0.15) is 23.6 Å². The van der Waals surface area contributed by atoms with E-state index in [4.69, 9.17) is 5.73 Å². The summed E-state index contributed by atoms with van der Waals surface area (Å²) in [6.07, 6.45) is 3.90. The van der Waals surface area contributed by atoms with Crippen molar-refractivity contribution in [3.8, 4) is 0 Å². The largest absolute Gasteiger partial charge is 0.324 e. The molecule has 1 unspecified atom stereocenters. The van der Waals surface area contributed by atoms with Gasteiger partial charge in [-0.1, -0.05) is 6.08 Å². The van der Waals surface area contributed by atoms with Crippen LogP contribution < -0.4 is 5.73 Å². The standard InChI is InChI=1S/C10H13FN2/c1-3-4-9(12)8-6-13-10(11)5-7(8)2/h3,5-6,9H,1,4,12H2,2H3. The molecule has 0 aliphatic heterocycles. The minimum absolute atomic E-state index is 0.134. The minimum atomic E-state index is -0.466. The zero-order valence-corrected chi connectivity index (χ0v) is 7.63. The van der Waals surface area contributed by atoms with Crippen molar-refractivity contribution in [1.29, 1.82) is 0 Å². The van der Waals surface area contributed by atoms with Gasteiger partial charge in [-0.05, 0) is 30.5 Å². The van der Waals surface area contributed by atoms with Gasteiger partial charge in [0, 0.05) is 12.2 Å². The highest BCUT2D eigenvalue weighted by Gasteiger charge is 2.08. The van der Waals surface area contributed by atoms with Crippen molar-refractivity contribution in [1.82, 2.24) is 4.98 Å². The summed E-state index contributed by atoms with van der Waals surface area (Å²) in [5.74, 6) is -0.466. The van der Waals surface area contributed by atoms with E-state index in [0.29, 0.717) is 6.42 Å². The molecule has 0 spiro atoms. The SMILES string of the molecule is C=CCC(N)c1cnc(F)cc1C. The number of halogens is 1. The maximum atomic E-state index is 12.6. The van der Waals surface area contributed by atoms with Crippen LogP contribution in [0, 0.1) is 12.9 Å². The van der Waals surface area contributed by atoms with Crippen molar-refractivity contribution in [2.24, 2.45) is 5.73 Å². The first-order valence-electron chi connectivity index (χ1n) is 4.13. The fraction of sp³-hybridized carbons (Fsp3) is 0.300. The Morgan fingerprint density at radius 3 is 3.00 bits per heavy atom. The molecule has 13 heavy (non-hydrogen) atoms. The normalized spacial score (nSPS) is 12.5. The Hall–Kier alpha value is -1.22. The third-order valence-electron chi connectivity index (χ3n) is 1.94. The number of pyridine rings is 1. The van der Waals surface area contributed by atoms with Gasteiger partial charge in [-0.25, -0.2) is 4.98 Å². The summed E-state index contributed by atoms with van der Waals surface area (Å²) in [5.41, 5.74) is 7.53. The van der Waals surface area contributed by atoms with Crippen LogP contribution in [0.4, 0.5) is 4.39 Å². The third-order valence-corrected chi connectivity index (χ3v) is 1.94. The van der Waals surface area contributed by atoms with Crippen molar-refractivity contribution in [2.75, 3.05) is 0 Å². The van der Waals surface area contributed by atoms with Gasteiger partial charge in [0.1, 0.15) is 0 Å². The molecule has 2 nitrogen and oxygen atoms in total. The maximum Gasteiger partial charge on any atom is 0.213 e. The molecule has 0 aliphatic rings. The molecule has 1 heterocycles. The van der Waals surface area contributed by atoms with Crippen LogP contribution in [0.2, 0.25) is 0 Å². The summed E-state index contributed by atoms with van der Waals surface area (Å²) in [7, 11) is 0. The number of rotatable bonds is 3. The zero-order chi connectivity index (χ0) is 9.84. The Morgan fingerprint density at radius 1 is 1.77 bits per heavy atom. The summed E-state index contributed by atoms with van der Waals surface area (Å²) < 4.78 is 12.6. The average molecular weight is 180 g/mol. The van der Waals surface area contributed by atoms with E-state index in [9.17, 15) is 4.39 Å². The zero-order valence-electron chi connectivity index (χ0n) is 7.63. The third kappa shape index (κ3) is 2.36. The molecule has 1 rings (SSSR count). The van der Waals surface area contributed by atoms with Crippen molar-refractivity contribution in [2.45, 2.75) is 19.4 Å². The van der Waals surface area contributed by atoms with Crippen LogP contribution in [0.5, 0.6) is 0 Å². The van der Waals surface area contributed by atoms with Crippen molar-refractivity contribution in [3.63, 3.8) is 0 Å². The van der Waals surface area contributed by atoms with Crippen LogP contribution in [-0.2, 0) is 0 Å². The number of aromatic nitrogens is 1. The fourth-order valence-corrected chi connectivity index (χ4v) is 1.23. The molecule has 3 heteroatoms. The first kappa shape index (κ1) is 9.86. The van der Waals surface area contributed by atoms with E-state index in [1.807, 2.05) is 6.92 Å². The van der Waals surface area contributed by atoms with Gasteiger partial charge in [-0.2, -0.15) is 4.39 Å². The highest BCUT2D eigenvalue weighted by Crippen LogP contribution is 2.17. The van der Waals surface area contributed by atoms with Gasteiger partial charge in [0.2, 0.25) is 5.95 Å². The monoisotopic (exact) mass is 180 g/mol. The molecule has 0 fully saturated rings. The molecule has 0 saturated carbocycles. The Kier molecular flexibility index (Phi) is 3.14. The molecule has 2 N–H and O–H groups in total. The molecule has 1 aromatic heterocycles. The Labute approximate surface area is 77.3 Å². The van der Waals surface area contributed by atoms with Gasteiger partial charge in [0.05, 0.1) is 0 Å². The van der Waals surface area contributed by atoms with Gasteiger partial charge >= 0.3 is 0 Å². The maximum absolute atomic E-state index is 12.6. The van der Waals surface area contributed by atoms with Crippen molar-refractivity contribution >= 4 is 0 Å². The summed E-state index contributed by atoms with van der Waals surface area (Å²) in [5, 5.41) is 0. The molecule has 0 bridgehead atoms. The summed E-state index contributed by atoms with van der Waals surface area (Å²) in [6, 6.07) is 1.25. The van der Waals surface area contributed by atoms with Crippen LogP contribution in [0.15, 0.2) is 24.9 Å². The lowest BCUT2D eigenvalue weighted by Gasteiger charge is -2.11. The lowest BCUT2D eigenvalue weighted by molar-refractivity contribution is 0.577. The van der Waals surface area contributed by atoms with Gasteiger partial charge in [-0.15, -0.1) is 6.58 Å². The highest BCUT2D eigenvalue weighted by atomic mass is 19.1. The number of hydrogen-bond donors (Lipinski definition) is 1. The molecule has 0 aromatic carbocycles. The topological polar surface area (TPSA) is 38.9 Å². The second kappa shape index (κ2) is 4.14. The highest BCUT2D eigenvalue weighted by molar-refractivity contribution is 5.25. The van der Waals surface area contributed by atoms with Gasteiger partial charge < -0.3 is 5.73 Å². The smallest absolute Gasteiger partial charge is 0.213 e. The second-order valence-electron chi connectivity index (χ2n) is 2.99. The summed E-state index contributed by atoms with van der Waals surface area (Å²) in [4.78, 5) is 3.56. The van der Waals surface area contributed by atoms with E-state index >= 15 is 0 Å². The van der Waals surface area contributed by atoms with Gasteiger partial charge in [-0.3, -0.25) is 0 Å². The predicted molar refractivity (Wildman–Crippen MR) is 50.7 cm³/mol. The quantitative estimate of drug-likeness (QED) is 0.571. The molecule has 0 aliphatic carbocycles. The Bertz CT molecular complexity index is 310. The summed E-state index contributed by atoms with van der Waals surface area (Å²) in [6.45, 7) is 5.42. The fourth-order valence-electron chi connectivity index (χ4n) is 1.23. The molecule has 1 aromatic rings. The molecule has 0 saturated heterocycles. The first-order chi connectivity index (χ1) is 6.15.